The number of allylic oxidation sites excluding steroid dienone is 3. The standard InChI is InChI=1S/C7F12/c8-3(7(17,18)19)1(5(11,12)13)2(4(9)10)6(14,15)16. The van der Waals surface area contributed by atoms with Gasteiger partial charge in [0, 0.05) is 0 Å². The molecule has 0 atom stereocenters. The predicted octanol–water partition coefficient (Wildman–Crippen LogP) is 5.05. The van der Waals surface area contributed by atoms with Gasteiger partial charge in [-0.15, -0.1) is 0 Å². The molecular weight excluding hydrogens is 312 g/mol. The molecule has 0 unspecified atom stereocenters. The van der Waals surface area contributed by atoms with Gasteiger partial charge >= 0.3 is 18.5 Å². The molecule has 0 aromatic rings. The molecule has 0 aliphatic heterocycles. The molecule has 0 saturated heterocycles. The van der Waals surface area contributed by atoms with Crippen molar-refractivity contribution >= 4 is 0 Å². The van der Waals surface area contributed by atoms with Crippen molar-refractivity contribution in [3.8, 4) is 0 Å². The Balaban J connectivity index is 6.46. The number of hydrogen-bond acceptors (Lipinski definition) is 0. The molecule has 0 heterocycles. The summed E-state index contributed by atoms with van der Waals surface area (Å²) in [6.45, 7) is 0. The molecule has 0 nitrogen and oxygen atoms in total. The van der Waals surface area contributed by atoms with Gasteiger partial charge in [-0.25, -0.2) is 4.39 Å². The minimum atomic E-state index is -6.62. The van der Waals surface area contributed by atoms with Crippen molar-refractivity contribution in [2.75, 3.05) is 0 Å². The fourth-order valence-electron chi connectivity index (χ4n) is 0.861. The van der Waals surface area contributed by atoms with Gasteiger partial charge in [0.2, 0.25) is 5.83 Å². The third kappa shape index (κ3) is 4.35. The first-order valence-corrected chi connectivity index (χ1v) is 3.77. The average molecular weight is 312 g/mol. The molecule has 0 saturated carbocycles. The summed E-state index contributed by atoms with van der Waals surface area (Å²) in [7, 11) is 0. The second-order valence-corrected chi connectivity index (χ2v) is 2.82. The van der Waals surface area contributed by atoms with Crippen molar-refractivity contribution in [1.82, 2.24) is 0 Å². The SMILES string of the molecule is FC(F)=C(C(=C(F)C(F)(F)F)C(F)(F)F)C(F)(F)F. The van der Waals surface area contributed by atoms with Crippen molar-refractivity contribution < 1.29 is 52.7 Å². The van der Waals surface area contributed by atoms with E-state index in [1.807, 2.05) is 0 Å². The van der Waals surface area contributed by atoms with Crippen molar-refractivity contribution in [2.24, 2.45) is 0 Å². The highest BCUT2D eigenvalue weighted by molar-refractivity contribution is 5.42. The second kappa shape index (κ2) is 4.96. The smallest absolute Gasteiger partial charge is 0.201 e. The van der Waals surface area contributed by atoms with E-state index in [0.29, 0.717) is 0 Å². The Labute approximate surface area is 95.5 Å². The van der Waals surface area contributed by atoms with Gasteiger partial charge in [0.05, 0.1) is 0 Å². The molecule has 19 heavy (non-hydrogen) atoms. The van der Waals surface area contributed by atoms with Gasteiger partial charge in [-0.1, -0.05) is 0 Å². The zero-order chi connectivity index (χ0) is 15.8. The van der Waals surface area contributed by atoms with Crippen molar-refractivity contribution in [2.45, 2.75) is 18.5 Å². The van der Waals surface area contributed by atoms with Crippen LogP contribution in [0.15, 0.2) is 23.1 Å². The lowest BCUT2D eigenvalue weighted by molar-refractivity contribution is -0.138. The highest BCUT2D eigenvalue weighted by atomic mass is 19.4. The van der Waals surface area contributed by atoms with Crippen LogP contribution in [-0.4, -0.2) is 18.5 Å². The third-order valence-corrected chi connectivity index (χ3v) is 1.47. The topological polar surface area (TPSA) is 0 Å². The maximum Gasteiger partial charge on any atom is 0.443 e. The average Bonchev–Trinajstić information content (AvgIpc) is 2.06. The zero-order valence-corrected chi connectivity index (χ0v) is 8.04. The van der Waals surface area contributed by atoms with Gasteiger partial charge in [-0.2, -0.15) is 48.3 Å². The molecule has 0 bridgehead atoms. The molecular formula is C7F12. The first-order valence-electron chi connectivity index (χ1n) is 3.77. The molecule has 0 N–H and O–H groups in total. The Morgan fingerprint density at radius 2 is 0.789 bits per heavy atom. The maximum atomic E-state index is 12.4. The lowest BCUT2D eigenvalue weighted by Crippen LogP contribution is -2.28. The third-order valence-electron chi connectivity index (χ3n) is 1.47. The molecule has 0 radical (unpaired) electrons. The first-order chi connectivity index (χ1) is 8.10. The second-order valence-electron chi connectivity index (χ2n) is 2.82. The summed E-state index contributed by atoms with van der Waals surface area (Å²) in [4.78, 5) is 0. The fourth-order valence-corrected chi connectivity index (χ4v) is 0.861. The molecule has 0 spiro atoms. The summed E-state index contributed by atoms with van der Waals surface area (Å²) in [5, 5.41) is 0. The molecule has 0 aliphatic carbocycles. The van der Waals surface area contributed by atoms with Crippen molar-refractivity contribution in [1.29, 1.82) is 0 Å². The van der Waals surface area contributed by atoms with Crippen LogP contribution in [0.25, 0.3) is 0 Å². The van der Waals surface area contributed by atoms with Gasteiger partial charge in [0.1, 0.15) is 11.1 Å². The lowest BCUT2D eigenvalue weighted by atomic mass is 10.0. The Morgan fingerprint density at radius 3 is 0.947 bits per heavy atom. The van der Waals surface area contributed by atoms with Gasteiger partial charge < -0.3 is 0 Å². The van der Waals surface area contributed by atoms with Crippen LogP contribution in [0, 0.1) is 0 Å². The van der Waals surface area contributed by atoms with Crippen molar-refractivity contribution in [3.05, 3.63) is 23.1 Å². The monoisotopic (exact) mass is 312 g/mol. The van der Waals surface area contributed by atoms with Crippen LogP contribution in [-0.2, 0) is 0 Å². The van der Waals surface area contributed by atoms with Crippen LogP contribution < -0.4 is 0 Å². The molecule has 0 fully saturated rings. The largest absolute Gasteiger partial charge is 0.443 e. The number of halogens is 12. The molecule has 0 aromatic heterocycles. The molecule has 0 aromatic carbocycles. The predicted molar refractivity (Wildman–Crippen MR) is 35.5 cm³/mol. The van der Waals surface area contributed by atoms with Gasteiger partial charge in [0.25, 0.3) is 6.08 Å². The normalized spacial score (nSPS) is 15.2. The van der Waals surface area contributed by atoms with Crippen LogP contribution in [0.1, 0.15) is 0 Å². The minimum Gasteiger partial charge on any atom is -0.201 e. The van der Waals surface area contributed by atoms with E-state index in [-0.39, 0.29) is 0 Å². The lowest BCUT2D eigenvalue weighted by Gasteiger charge is -2.18. The number of alkyl halides is 9. The van der Waals surface area contributed by atoms with E-state index in [4.69, 9.17) is 0 Å². The summed E-state index contributed by atoms with van der Waals surface area (Å²) in [6.07, 6.45) is -23.8. The molecule has 0 amide bonds. The van der Waals surface area contributed by atoms with Crippen LogP contribution >= 0.6 is 0 Å². The van der Waals surface area contributed by atoms with Gasteiger partial charge in [-0.3, -0.25) is 0 Å². The van der Waals surface area contributed by atoms with E-state index in [2.05, 4.69) is 0 Å². The van der Waals surface area contributed by atoms with Crippen LogP contribution in [0.2, 0.25) is 0 Å². The van der Waals surface area contributed by atoms with Crippen LogP contribution in [0.3, 0.4) is 0 Å². The first kappa shape index (κ1) is 17.6. The number of rotatable bonds is 1. The summed E-state index contributed by atoms with van der Waals surface area (Å²) in [5.74, 6) is -4.31. The number of hydrogen-bond donors (Lipinski definition) is 0. The molecule has 12 heteroatoms. The molecule has 0 aliphatic rings. The molecule has 0 rings (SSSR count). The fraction of sp³-hybridized carbons (Fsp3) is 0.429. The van der Waals surface area contributed by atoms with E-state index in [1.54, 1.807) is 0 Å². The Kier molecular flexibility index (Phi) is 4.61. The summed E-state index contributed by atoms with van der Waals surface area (Å²) in [6, 6.07) is 0. The highest BCUT2D eigenvalue weighted by Crippen LogP contribution is 2.47. The zero-order valence-electron chi connectivity index (χ0n) is 8.04. The van der Waals surface area contributed by atoms with Crippen molar-refractivity contribution in [3.63, 3.8) is 0 Å². The Morgan fingerprint density at radius 1 is 0.474 bits per heavy atom. The maximum absolute atomic E-state index is 12.4. The van der Waals surface area contributed by atoms with E-state index in [1.165, 1.54) is 0 Å². The highest BCUT2D eigenvalue weighted by Gasteiger charge is 2.55. The van der Waals surface area contributed by atoms with Gasteiger partial charge in [-0.05, 0) is 0 Å². The van der Waals surface area contributed by atoms with Gasteiger partial charge in [0.15, 0.2) is 0 Å². The van der Waals surface area contributed by atoms with E-state index in [0.717, 1.165) is 0 Å². The van der Waals surface area contributed by atoms with E-state index >= 15 is 0 Å². The summed E-state index contributed by atoms with van der Waals surface area (Å²) < 4.78 is 143. The Hall–Kier alpha value is -1.36. The van der Waals surface area contributed by atoms with Crippen LogP contribution in [0.5, 0.6) is 0 Å². The summed E-state index contributed by atoms with van der Waals surface area (Å²) in [5.41, 5.74) is -8.14. The van der Waals surface area contributed by atoms with E-state index < -0.39 is 41.6 Å². The minimum absolute atomic E-state index is 4.02. The quantitative estimate of drug-likeness (QED) is 0.469. The van der Waals surface area contributed by atoms with Crippen LogP contribution in [0.4, 0.5) is 52.7 Å². The summed E-state index contributed by atoms with van der Waals surface area (Å²) >= 11 is 0. The molecule has 112 valence electrons. The van der Waals surface area contributed by atoms with E-state index in [9.17, 15) is 52.7 Å². The Bertz CT molecular complexity index is 395.